The molecule has 2 aliphatic carbocycles. The average molecular weight is 331 g/mol. The van der Waals surface area contributed by atoms with Crippen LogP contribution >= 0.6 is 0 Å². The zero-order valence-corrected chi connectivity index (χ0v) is 16.4. The van der Waals surface area contributed by atoms with E-state index >= 15 is 0 Å². The highest BCUT2D eigenvalue weighted by atomic mass is 16.3. The number of rotatable bonds is 1. The number of aromatic hydroxyl groups is 2. The van der Waals surface area contributed by atoms with Crippen LogP contribution in [0.3, 0.4) is 0 Å². The molecule has 0 amide bonds. The Balaban J connectivity index is 2.31. The van der Waals surface area contributed by atoms with Crippen LogP contribution in [-0.4, -0.2) is 10.2 Å². The van der Waals surface area contributed by atoms with Gasteiger partial charge in [0.2, 0.25) is 0 Å². The molecule has 0 saturated heterocycles. The van der Waals surface area contributed by atoms with Crippen LogP contribution in [0.1, 0.15) is 96.3 Å². The van der Waals surface area contributed by atoms with Crippen molar-refractivity contribution >= 4 is 0 Å². The summed E-state index contributed by atoms with van der Waals surface area (Å²) in [7, 11) is 0. The summed E-state index contributed by atoms with van der Waals surface area (Å²) in [5.74, 6) is 1.96. The number of hydrogen-bond donors (Lipinski definition) is 2. The Labute approximate surface area is 147 Å². The number of phenolic OH excluding ortho intramolecular Hbond substituents is 2. The molecule has 2 aliphatic rings. The molecule has 3 rings (SSSR count). The lowest BCUT2D eigenvalue weighted by atomic mass is 9.45. The van der Waals surface area contributed by atoms with Crippen LogP contribution in [0.15, 0.2) is 6.07 Å². The van der Waals surface area contributed by atoms with Crippen LogP contribution < -0.4 is 0 Å². The van der Waals surface area contributed by atoms with Crippen LogP contribution in [0.5, 0.6) is 11.5 Å². The van der Waals surface area contributed by atoms with Gasteiger partial charge in [0.05, 0.1) is 0 Å². The van der Waals surface area contributed by atoms with E-state index in [4.69, 9.17) is 0 Å². The minimum atomic E-state index is -0.0555. The maximum Gasteiger partial charge on any atom is 0.161 e. The standard InChI is InChI=1S/C22H34O2/c1-12(2)15-11-16-13(3)14(4)20-21(5,6)9-8-10-22(20,7)17(16)19(24)18(15)23/h11-14,20,23-24H,8-10H2,1-7H3. The zero-order chi connectivity index (χ0) is 18.0. The molecule has 0 radical (unpaired) electrons. The fraction of sp³-hybridized carbons (Fsp3) is 0.727. The molecule has 0 bridgehead atoms. The summed E-state index contributed by atoms with van der Waals surface area (Å²) in [6.45, 7) is 16.0. The van der Waals surface area contributed by atoms with Gasteiger partial charge in [-0.1, -0.05) is 61.0 Å². The summed E-state index contributed by atoms with van der Waals surface area (Å²) in [6, 6.07) is 2.18. The van der Waals surface area contributed by atoms with E-state index in [1.807, 2.05) is 0 Å². The molecule has 2 nitrogen and oxygen atoms in total. The molecule has 2 heteroatoms. The lowest BCUT2D eigenvalue weighted by molar-refractivity contribution is -0.00602. The van der Waals surface area contributed by atoms with E-state index in [9.17, 15) is 10.2 Å². The summed E-state index contributed by atoms with van der Waals surface area (Å²) >= 11 is 0. The van der Waals surface area contributed by atoms with Crippen molar-refractivity contribution in [1.29, 1.82) is 0 Å². The van der Waals surface area contributed by atoms with E-state index in [-0.39, 0.29) is 28.2 Å². The molecule has 2 N–H and O–H groups in total. The molecule has 1 aromatic carbocycles. The van der Waals surface area contributed by atoms with Crippen LogP contribution in [0, 0.1) is 17.3 Å². The molecule has 134 valence electrons. The molecule has 1 fully saturated rings. The Morgan fingerprint density at radius 3 is 2.25 bits per heavy atom. The minimum absolute atomic E-state index is 0.0555. The van der Waals surface area contributed by atoms with Gasteiger partial charge in [0.1, 0.15) is 0 Å². The molecule has 4 unspecified atom stereocenters. The largest absolute Gasteiger partial charge is 0.504 e. The first-order valence-electron chi connectivity index (χ1n) is 9.61. The molecule has 0 spiro atoms. The second-order valence-electron chi connectivity index (χ2n) is 9.67. The maximum absolute atomic E-state index is 11.0. The fourth-order valence-corrected chi connectivity index (χ4v) is 6.33. The van der Waals surface area contributed by atoms with Crippen molar-refractivity contribution in [2.24, 2.45) is 17.3 Å². The molecule has 1 aromatic rings. The van der Waals surface area contributed by atoms with Crippen molar-refractivity contribution in [3.63, 3.8) is 0 Å². The number of benzene rings is 1. The lowest BCUT2D eigenvalue weighted by Gasteiger charge is -2.58. The first-order chi connectivity index (χ1) is 11.0. The van der Waals surface area contributed by atoms with Crippen molar-refractivity contribution in [3.8, 4) is 11.5 Å². The predicted molar refractivity (Wildman–Crippen MR) is 99.9 cm³/mol. The van der Waals surface area contributed by atoms with E-state index in [0.717, 1.165) is 17.5 Å². The van der Waals surface area contributed by atoms with E-state index in [2.05, 4.69) is 54.5 Å². The van der Waals surface area contributed by atoms with Gasteiger partial charge < -0.3 is 10.2 Å². The average Bonchev–Trinajstić information content (AvgIpc) is 2.46. The van der Waals surface area contributed by atoms with Crippen LogP contribution in [-0.2, 0) is 5.41 Å². The summed E-state index contributed by atoms with van der Waals surface area (Å²) in [5, 5.41) is 21.7. The third kappa shape index (κ3) is 2.21. The Kier molecular flexibility index (Phi) is 3.97. The van der Waals surface area contributed by atoms with E-state index in [0.29, 0.717) is 17.8 Å². The van der Waals surface area contributed by atoms with Crippen molar-refractivity contribution in [1.82, 2.24) is 0 Å². The van der Waals surface area contributed by atoms with E-state index < -0.39 is 0 Å². The summed E-state index contributed by atoms with van der Waals surface area (Å²) in [5.41, 5.74) is 3.38. The van der Waals surface area contributed by atoms with Gasteiger partial charge in [-0.3, -0.25) is 0 Å². The SMILES string of the molecule is CC(C)c1cc2c(c(O)c1O)C1(C)CCCC(C)(C)C1C(C)C2C. The second-order valence-corrected chi connectivity index (χ2v) is 9.67. The number of hydrogen-bond acceptors (Lipinski definition) is 2. The monoisotopic (exact) mass is 330 g/mol. The third-order valence-corrected chi connectivity index (χ3v) is 7.38. The molecule has 4 atom stereocenters. The Morgan fingerprint density at radius 1 is 1.04 bits per heavy atom. The predicted octanol–water partition coefficient (Wildman–Crippen LogP) is 6.06. The molecular weight excluding hydrogens is 296 g/mol. The molecule has 1 saturated carbocycles. The van der Waals surface area contributed by atoms with E-state index in [1.54, 1.807) is 0 Å². The Hall–Kier alpha value is -1.18. The smallest absolute Gasteiger partial charge is 0.161 e. The number of phenols is 2. The van der Waals surface area contributed by atoms with Gasteiger partial charge in [0.25, 0.3) is 0 Å². The summed E-state index contributed by atoms with van der Waals surface area (Å²) in [6.07, 6.45) is 3.53. The van der Waals surface area contributed by atoms with Gasteiger partial charge in [-0.05, 0) is 47.5 Å². The highest BCUT2D eigenvalue weighted by Crippen LogP contribution is 2.64. The third-order valence-electron chi connectivity index (χ3n) is 7.38. The maximum atomic E-state index is 11.0. The quantitative estimate of drug-likeness (QED) is 0.615. The number of fused-ring (bicyclic) bond motifs is 3. The van der Waals surface area contributed by atoms with Crippen molar-refractivity contribution in [2.75, 3.05) is 0 Å². The molecule has 0 aromatic heterocycles. The lowest BCUT2D eigenvalue weighted by Crippen LogP contribution is -2.52. The minimum Gasteiger partial charge on any atom is -0.504 e. The normalized spacial score (nSPS) is 34.8. The van der Waals surface area contributed by atoms with Crippen molar-refractivity contribution in [3.05, 3.63) is 22.8 Å². The summed E-state index contributed by atoms with van der Waals surface area (Å²) < 4.78 is 0. The van der Waals surface area contributed by atoms with Gasteiger partial charge >= 0.3 is 0 Å². The molecule has 0 aliphatic heterocycles. The molecular formula is C22H34O2. The van der Waals surface area contributed by atoms with Crippen LogP contribution in [0.2, 0.25) is 0 Å². The van der Waals surface area contributed by atoms with Gasteiger partial charge in [-0.25, -0.2) is 0 Å². The fourth-order valence-electron chi connectivity index (χ4n) is 6.33. The van der Waals surface area contributed by atoms with Crippen molar-refractivity contribution < 1.29 is 10.2 Å². The van der Waals surface area contributed by atoms with Gasteiger partial charge in [0, 0.05) is 16.5 Å². The highest BCUT2D eigenvalue weighted by molar-refractivity contribution is 5.60. The second kappa shape index (κ2) is 5.41. The Morgan fingerprint density at radius 2 is 1.67 bits per heavy atom. The Bertz CT molecular complexity index is 658. The molecule has 0 heterocycles. The van der Waals surface area contributed by atoms with E-state index in [1.165, 1.54) is 18.4 Å². The van der Waals surface area contributed by atoms with Gasteiger partial charge in [0.15, 0.2) is 11.5 Å². The first kappa shape index (κ1) is 17.6. The topological polar surface area (TPSA) is 40.5 Å². The zero-order valence-electron chi connectivity index (χ0n) is 16.4. The van der Waals surface area contributed by atoms with Crippen LogP contribution in [0.4, 0.5) is 0 Å². The van der Waals surface area contributed by atoms with Gasteiger partial charge in [-0.2, -0.15) is 0 Å². The molecule has 24 heavy (non-hydrogen) atoms. The van der Waals surface area contributed by atoms with Crippen molar-refractivity contribution in [2.45, 2.75) is 85.0 Å². The van der Waals surface area contributed by atoms with Crippen LogP contribution in [0.25, 0.3) is 0 Å². The summed E-state index contributed by atoms with van der Waals surface area (Å²) in [4.78, 5) is 0. The highest BCUT2D eigenvalue weighted by Gasteiger charge is 2.55. The van der Waals surface area contributed by atoms with Gasteiger partial charge in [-0.15, -0.1) is 0 Å². The first-order valence-corrected chi connectivity index (χ1v) is 9.61.